The lowest BCUT2D eigenvalue weighted by atomic mass is 10.3. The minimum absolute atomic E-state index is 0.0552. The van der Waals surface area contributed by atoms with Crippen LogP contribution in [-0.2, 0) is 0 Å². The van der Waals surface area contributed by atoms with Gasteiger partial charge in [0.05, 0.1) is 0 Å². The van der Waals surface area contributed by atoms with Gasteiger partial charge >= 0.3 is 6.03 Å². The predicted molar refractivity (Wildman–Crippen MR) is 100 cm³/mol. The van der Waals surface area contributed by atoms with Crippen molar-refractivity contribution in [2.24, 2.45) is 0 Å². The smallest absolute Gasteiger partial charge is 0.319 e. The Morgan fingerprint density at radius 3 is 2.48 bits per heavy atom. The molecule has 7 nitrogen and oxygen atoms in total. The first-order valence-electron chi connectivity index (χ1n) is 8.85. The normalized spacial score (nSPS) is 13.5. The van der Waals surface area contributed by atoms with Crippen molar-refractivity contribution in [2.75, 3.05) is 41.7 Å². The molecule has 2 heterocycles. The molecule has 0 radical (unpaired) electrons. The molecule has 1 aliphatic rings. The minimum atomic E-state index is -0.750. The average molecular weight is 376 g/mol. The Hall–Kier alpha value is -2.97. The van der Waals surface area contributed by atoms with Crippen molar-refractivity contribution in [3.8, 4) is 0 Å². The molecular weight excluding hydrogens is 354 g/mol. The van der Waals surface area contributed by atoms with E-state index in [1.165, 1.54) is 12.8 Å². The summed E-state index contributed by atoms with van der Waals surface area (Å²) in [5.74, 6) is 0.778. The molecule has 9 heteroatoms. The van der Waals surface area contributed by atoms with Gasteiger partial charge < -0.3 is 20.9 Å². The highest BCUT2D eigenvalue weighted by molar-refractivity contribution is 5.89. The number of hydrogen-bond acceptors (Lipinski definition) is 5. The van der Waals surface area contributed by atoms with Crippen molar-refractivity contribution in [3.63, 3.8) is 0 Å². The van der Waals surface area contributed by atoms with E-state index in [4.69, 9.17) is 0 Å². The van der Waals surface area contributed by atoms with Crippen LogP contribution >= 0.6 is 0 Å². The lowest BCUT2D eigenvalue weighted by Gasteiger charge is -2.17. The fourth-order valence-electron chi connectivity index (χ4n) is 2.92. The number of nitrogens with one attached hydrogen (secondary N) is 3. The summed E-state index contributed by atoms with van der Waals surface area (Å²) < 4.78 is 26.2. The molecule has 3 rings (SSSR count). The number of aromatic nitrogens is 2. The van der Waals surface area contributed by atoms with Crippen molar-refractivity contribution in [1.29, 1.82) is 0 Å². The standard InChI is InChI=1S/C18H22F2N6O/c1-12-23-16(11-17(24-12)26-6-2-3-7-26)21-4-5-22-18(27)25-15-9-13(19)8-14(20)10-15/h8-11H,2-7H2,1H3,(H,21,23,24)(H2,22,25,27). The van der Waals surface area contributed by atoms with Gasteiger partial charge in [0.25, 0.3) is 0 Å². The van der Waals surface area contributed by atoms with Crippen LogP contribution in [0, 0.1) is 18.6 Å². The van der Waals surface area contributed by atoms with Crippen LogP contribution in [0.4, 0.5) is 30.9 Å². The number of benzene rings is 1. The van der Waals surface area contributed by atoms with Crippen molar-refractivity contribution >= 4 is 23.4 Å². The second-order valence-electron chi connectivity index (χ2n) is 6.32. The quantitative estimate of drug-likeness (QED) is 0.676. The van der Waals surface area contributed by atoms with Gasteiger partial charge in [-0.1, -0.05) is 0 Å². The van der Waals surface area contributed by atoms with Crippen molar-refractivity contribution in [3.05, 3.63) is 41.7 Å². The maximum Gasteiger partial charge on any atom is 0.319 e. The number of carbonyl (C=O) groups excluding carboxylic acids is 1. The third-order valence-electron chi connectivity index (χ3n) is 4.09. The predicted octanol–water partition coefficient (Wildman–Crippen LogP) is 2.90. The number of aryl methyl sites for hydroxylation is 1. The van der Waals surface area contributed by atoms with Crippen LogP contribution in [0.15, 0.2) is 24.3 Å². The Kier molecular flexibility index (Phi) is 6.00. The van der Waals surface area contributed by atoms with E-state index in [0.717, 1.165) is 37.1 Å². The molecule has 0 bridgehead atoms. The second kappa shape index (κ2) is 8.61. The molecule has 0 saturated carbocycles. The van der Waals surface area contributed by atoms with Crippen LogP contribution in [0.25, 0.3) is 0 Å². The largest absolute Gasteiger partial charge is 0.368 e. The Bertz CT molecular complexity index is 790. The Morgan fingerprint density at radius 2 is 1.78 bits per heavy atom. The Balaban J connectivity index is 1.46. The van der Waals surface area contributed by atoms with E-state index in [2.05, 4.69) is 30.8 Å². The number of nitrogens with zero attached hydrogens (tertiary/aromatic N) is 3. The lowest BCUT2D eigenvalue weighted by molar-refractivity contribution is 0.252. The van der Waals surface area contributed by atoms with Gasteiger partial charge in [-0.05, 0) is 31.9 Å². The zero-order chi connectivity index (χ0) is 19.2. The Labute approximate surface area is 156 Å². The second-order valence-corrected chi connectivity index (χ2v) is 6.32. The molecular formula is C18H22F2N6O. The first kappa shape index (κ1) is 18.8. The summed E-state index contributed by atoms with van der Waals surface area (Å²) in [7, 11) is 0. The van der Waals surface area contributed by atoms with Gasteiger partial charge in [-0.3, -0.25) is 0 Å². The number of rotatable bonds is 6. The number of amides is 2. The van der Waals surface area contributed by atoms with Crippen molar-refractivity contribution in [1.82, 2.24) is 15.3 Å². The number of hydrogen-bond donors (Lipinski definition) is 3. The SMILES string of the molecule is Cc1nc(NCCNC(=O)Nc2cc(F)cc(F)c2)cc(N2CCCC2)n1. The molecule has 144 valence electrons. The van der Waals surface area contributed by atoms with Crippen LogP contribution in [0.1, 0.15) is 18.7 Å². The maximum absolute atomic E-state index is 13.1. The van der Waals surface area contributed by atoms with Crippen LogP contribution in [0.2, 0.25) is 0 Å². The first-order chi connectivity index (χ1) is 13.0. The zero-order valence-electron chi connectivity index (χ0n) is 15.1. The van der Waals surface area contributed by atoms with Crippen LogP contribution < -0.4 is 20.9 Å². The van der Waals surface area contributed by atoms with Gasteiger partial charge in [0.2, 0.25) is 0 Å². The summed E-state index contributed by atoms with van der Waals surface area (Å²) >= 11 is 0. The average Bonchev–Trinajstić information content (AvgIpc) is 3.12. The van der Waals surface area contributed by atoms with Crippen molar-refractivity contribution in [2.45, 2.75) is 19.8 Å². The van der Waals surface area contributed by atoms with Gasteiger partial charge in [0.15, 0.2) is 0 Å². The molecule has 3 N–H and O–H groups in total. The number of anilines is 3. The fraction of sp³-hybridized carbons (Fsp3) is 0.389. The van der Waals surface area contributed by atoms with E-state index in [-0.39, 0.29) is 5.69 Å². The molecule has 2 aromatic rings. The molecule has 1 aromatic carbocycles. The fourth-order valence-corrected chi connectivity index (χ4v) is 2.92. The van der Waals surface area contributed by atoms with Gasteiger partial charge in [0, 0.05) is 44.0 Å². The third kappa shape index (κ3) is 5.50. The molecule has 1 aromatic heterocycles. The van der Waals surface area contributed by atoms with Gasteiger partial charge in [-0.2, -0.15) is 0 Å². The molecule has 0 atom stereocenters. The van der Waals surface area contributed by atoms with Gasteiger partial charge in [-0.25, -0.2) is 23.5 Å². The highest BCUT2D eigenvalue weighted by Crippen LogP contribution is 2.20. The number of carbonyl (C=O) groups is 1. The number of urea groups is 1. The summed E-state index contributed by atoms with van der Waals surface area (Å²) in [5, 5.41) is 8.15. The molecule has 27 heavy (non-hydrogen) atoms. The summed E-state index contributed by atoms with van der Waals surface area (Å²) in [6.07, 6.45) is 2.33. The molecule has 1 aliphatic heterocycles. The molecule has 0 unspecified atom stereocenters. The van der Waals surface area contributed by atoms with Crippen LogP contribution in [-0.4, -0.2) is 42.2 Å². The van der Waals surface area contributed by atoms with Gasteiger partial charge in [0.1, 0.15) is 29.1 Å². The molecule has 0 aliphatic carbocycles. The minimum Gasteiger partial charge on any atom is -0.368 e. The van der Waals surface area contributed by atoms with E-state index in [0.29, 0.717) is 24.7 Å². The topological polar surface area (TPSA) is 82.2 Å². The van der Waals surface area contributed by atoms with E-state index >= 15 is 0 Å². The summed E-state index contributed by atoms with van der Waals surface area (Å²) in [4.78, 5) is 22.8. The highest BCUT2D eigenvalue weighted by Gasteiger charge is 2.15. The summed E-state index contributed by atoms with van der Waals surface area (Å²) in [6.45, 7) is 4.59. The van der Waals surface area contributed by atoms with E-state index in [1.54, 1.807) is 0 Å². The highest BCUT2D eigenvalue weighted by atomic mass is 19.1. The Morgan fingerprint density at radius 1 is 1.07 bits per heavy atom. The van der Waals surface area contributed by atoms with Gasteiger partial charge in [-0.15, -0.1) is 0 Å². The lowest BCUT2D eigenvalue weighted by Crippen LogP contribution is -2.32. The van der Waals surface area contributed by atoms with Crippen LogP contribution in [0.3, 0.4) is 0 Å². The zero-order valence-corrected chi connectivity index (χ0v) is 15.1. The monoisotopic (exact) mass is 376 g/mol. The van der Waals surface area contributed by atoms with Crippen molar-refractivity contribution < 1.29 is 13.6 Å². The van der Waals surface area contributed by atoms with E-state index < -0.39 is 17.7 Å². The van der Waals surface area contributed by atoms with Crippen LogP contribution in [0.5, 0.6) is 0 Å². The van der Waals surface area contributed by atoms with E-state index in [1.807, 2.05) is 13.0 Å². The number of halogens is 2. The summed E-state index contributed by atoms with van der Waals surface area (Å²) in [6, 6.07) is 4.19. The maximum atomic E-state index is 13.1. The molecule has 1 fully saturated rings. The molecule has 2 amide bonds. The summed E-state index contributed by atoms with van der Waals surface area (Å²) in [5.41, 5.74) is 0.0552. The van der Waals surface area contributed by atoms with E-state index in [9.17, 15) is 13.6 Å². The molecule has 0 spiro atoms. The third-order valence-corrected chi connectivity index (χ3v) is 4.09. The molecule has 1 saturated heterocycles. The first-order valence-corrected chi connectivity index (χ1v) is 8.85.